The normalized spacial score (nSPS) is 19.7. The first kappa shape index (κ1) is 13.8. The minimum absolute atomic E-state index is 0.103. The average Bonchev–Trinajstić information content (AvgIpc) is 2.29. The van der Waals surface area contributed by atoms with Crippen LogP contribution in [0.1, 0.15) is 6.42 Å². The van der Waals surface area contributed by atoms with Crippen LogP contribution in [0.15, 0.2) is 0 Å². The van der Waals surface area contributed by atoms with E-state index in [4.69, 9.17) is 15.1 Å². The highest BCUT2D eigenvalue weighted by atomic mass is 32.2. The number of carboxylic acids is 1. The Labute approximate surface area is 104 Å². The zero-order valence-corrected chi connectivity index (χ0v) is 10.1. The van der Waals surface area contributed by atoms with Gasteiger partial charge in [-0.1, -0.05) is 0 Å². The molecular formula is C10H14N2O4S. The first-order chi connectivity index (χ1) is 8.15. The predicted octanol–water partition coefficient (Wildman–Crippen LogP) is -0.0547. The molecule has 1 N–H and O–H groups in total. The van der Waals surface area contributed by atoms with E-state index in [9.17, 15) is 9.59 Å². The van der Waals surface area contributed by atoms with Gasteiger partial charge in [-0.2, -0.15) is 5.26 Å². The molecule has 0 aromatic heterocycles. The lowest BCUT2D eigenvalue weighted by Crippen LogP contribution is -2.50. The lowest BCUT2D eigenvalue weighted by molar-refractivity contribution is -0.144. The van der Waals surface area contributed by atoms with Gasteiger partial charge in [0.05, 0.1) is 43.3 Å². The molecule has 1 amide bonds. The highest BCUT2D eigenvalue weighted by Gasteiger charge is 2.28. The highest BCUT2D eigenvalue weighted by molar-refractivity contribution is 8.00. The topological polar surface area (TPSA) is 90.6 Å². The van der Waals surface area contributed by atoms with E-state index in [1.54, 1.807) is 4.90 Å². The number of nitriles is 1. The molecule has 1 unspecified atom stereocenters. The Morgan fingerprint density at radius 1 is 1.59 bits per heavy atom. The van der Waals surface area contributed by atoms with Crippen molar-refractivity contribution in [2.45, 2.75) is 12.5 Å². The molecule has 1 heterocycles. The molecule has 1 rings (SSSR count). The quantitative estimate of drug-likeness (QED) is 0.695. The Morgan fingerprint density at radius 3 is 3.00 bits per heavy atom. The van der Waals surface area contributed by atoms with E-state index in [1.165, 1.54) is 11.8 Å². The molecule has 0 radical (unpaired) electrons. The van der Waals surface area contributed by atoms with Crippen molar-refractivity contribution in [2.75, 3.05) is 31.3 Å². The van der Waals surface area contributed by atoms with E-state index >= 15 is 0 Å². The Bertz CT molecular complexity index is 329. The first-order valence-electron chi connectivity index (χ1n) is 5.19. The van der Waals surface area contributed by atoms with E-state index in [-0.39, 0.29) is 30.4 Å². The molecular weight excluding hydrogens is 244 g/mol. The number of amides is 1. The van der Waals surface area contributed by atoms with Crippen molar-refractivity contribution in [2.24, 2.45) is 0 Å². The molecule has 1 fully saturated rings. The third-order valence-corrected chi connectivity index (χ3v) is 3.13. The lowest BCUT2D eigenvalue weighted by atomic mass is 10.1. The van der Waals surface area contributed by atoms with Crippen LogP contribution in [-0.4, -0.2) is 59.2 Å². The van der Waals surface area contributed by atoms with Crippen LogP contribution >= 0.6 is 11.8 Å². The van der Waals surface area contributed by atoms with E-state index in [0.717, 1.165) is 0 Å². The second kappa shape index (κ2) is 7.14. The summed E-state index contributed by atoms with van der Waals surface area (Å²) in [7, 11) is 0. The van der Waals surface area contributed by atoms with Crippen molar-refractivity contribution in [3.63, 3.8) is 0 Å². The maximum absolute atomic E-state index is 11.8. The van der Waals surface area contributed by atoms with Crippen LogP contribution in [0.3, 0.4) is 0 Å². The molecule has 6 nitrogen and oxygen atoms in total. The molecule has 0 aromatic rings. The van der Waals surface area contributed by atoms with Crippen LogP contribution in [-0.2, 0) is 14.3 Å². The molecule has 0 aliphatic carbocycles. The monoisotopic (exact) mass is 258 g/mol. The molecule has 0 bridgehead atoms. The summed E-state index contributed by atoms with van der Waals surface area (Å²) >= 11 is 1.24. The summed E-state index contributed by atoms with van der Waals surface area (Å²) in [5, 5.41) is 17.1. The Kier molecular flexibility index (Phi) is 5.80. The van der Waals surface area contributed by atoms with Gasteiger partial charge in [-0.15, -0.1) is 11.8 Å². The standard InChI is InChI=1S/C10H14N2O4S/c11-1-4-17-7-9(13)12-2-3-16-6-8(12)5-10(14)15/h8H,2-7H2,(H,14,15). The number of nitrogens with zero attached hydrogens (tertiary/aromatic N) is 2. The maximum atomic E-state index is 11.8. The summed E-state index contributed by atoms with van der Waals surface area (Å²) in [5.74, 6) is -0.591. The second-order valence-corrected chi connectivity index (χ2v) is 4.55. The van der Waals surface area contributed by atoms with Gasteiger partial charge in [0.25, 0.3) is 0 Å². The fourth-order valence-corrected chi connectivity index (χ4v) is 2.15. The minimum atomic E-state index is -0.942. The van der Waals surface area contributed by atoms with Gasteiger partial charge in [0.1, 0.15) is 0 Å². The van der Waals surface area contributed by atoms with Crippen molar-refractivity contribution < 1.29 is 19.4 Å². The number of carbonyl (C=O) groups excluding carboxylic acids is 1. The molecule has 1 saturated heterocycles. The first-order valence-corrected chi connectivity index (χ1v) is 6.34. The van der Waals surface area contributed by atoms with E-state index < -0.39 is 12.0 Å². The number of rotatable bonds is 5. The minimum Gasteiger partial charge on any atom is -0.481 e. The van der Waals surface area contributed by atoms with Crippen LogP contribution in [0.5, 0.6) is 0 Å². The van der Waals surface area contributed by atoms with Crippen molar-refractivity contribution in [3.8, 4) is 6.07 Å². The van der Waals surface area contributed by atoms with Gasteiger partial charge < -0.3 is 14.7 Å². The molecule has 94 valence electrons. The number of hydrogen-bond donors (Lipinski definition) is 1. The largest absolute Gasteiger partial charge is 0.481 e. The molecule has 17 heavy (non-hydrogen) atoms. The smallest absolute Gasteiger partial charge is 0.305 e. The lowest BCUT2D eigenvalue weighted by Gasteiger charge is -2.34. The Hall–Kier alpha value is -1.26. The summed E-state index contributed by atoms with van der Waals surface area (Å²) < 4.78 is 5.17. The fraction of sp³-hybridized carbons (Fsp3) is 0.700. The number of morpholine rings is 1. The van der Waals surface area contributed by atoms with Crippen molar-refractivity contribution in [1.29, 1.82) is 5.26 Å². The zero-order chi connectivity index (χ0) is 12.7. The summed E-state index contributed by atoms with van der Waals surface area (Å²) in [6.45, 7) is 1.12. The number of ether oxygens (including phenoxy) is 1. The Balaban J connectivity index is 2.49. The van der Waals surface area contributed by atoms with Crippen LogP contribution in [0.4, 0.5) is 0 Å². The zero-order valence-electron chi connectivity index (χ0n) is 9.29. The number of thioether (sulfide) groups is 1. The van der Waals surface area contributed by atoms with E-state index in [0.29, 0.717) is 13.2 Å². The van der Waals surface area contributed by atoms with Crippen molar-refractivity contribution in [3.05, 3.63) is 0 Å². The number of carboxylic acid groups (broad SMARTS) is 1. The van der Waals surface area contributed by atoms with Gasteiger partial charge in [0.15, 0.2) is 0 Å². The molecule has 1 aliphatic rings. The van der Waals surface area contributed by atoms with Gasteiger partial charge >= 0.3 is 5.97 Å². The predicted molar refractivity (Wildman–Crippen MR) is 61.5 cm³/mol. The summed E-state index contributed by atoms with van der Waals surface area (Å²) in [6, 6.07) is 1.55. The summed E-state index contributed by atoms with van der Waals surface area (Å²) in [5.41, 5.74) is 0. The van der Waals surface area contributed by atoms with Crippen LogP contribution < -0.4 is 0 Å². The second-order valence-electron chi connectivity index (χ2n) is 3.56. The average molecular weight is 258 g/mol. The number of aliphatic carboxylic acids is 1. The summed E-state index contributed by atoms with van der Waals surface area (Å²) in [4.78, 5) is 24.0. The maximum Gasteiger partial charge on any atom is 0.305 e. The Morgan fingerprint density at radius 2 is 2.35 bits per heavy atom. The summed E-state index contributed by atoms with van der Waals surface area (Å²) in [6.07, 6.45) is -0.103. The van der Waals surface area contributed by atoms with E-state index in [1.807, 2.05) is 6.07 Å². The number of carbonyl (C=O) groups is 2. The molecule has 1 atom stereocenters. The van der Waals surface area contributed by atoms with Gasteiger partial charge in [-0.3, -0.25) is 9.59 Å². The highest BCUT2D eigenvalue weighted by Crippen LogP contribution is 2.13. The molecule has 0 spiro atoms. The van der Waals surface area contributed by atoms with Crippen molar-refractivity contribution in [1.82, 2.24) is 4.90 Å². The number of hydrogen-bond acceptors (Lipinski definition) is 5. The van der Waals surface area contributed by atoms with Gasteiger partial charge in [-0.05, 0) is 0 Å². The van der Waals surface area contributed by atoms with Crippen LogP contribution in [0, 0.1) is 11.3 Å². The molecule has 0 aromatic carbocycles. The van der Waals surface area contributed by atoms with Crippen LogP contribution in [0.25, 0.3) is 0 Å². The SMILES string of the molecule is N#CCSCC(=O)N1CCOCC1CC(=O)O. The van der Waals surface area contributed by atoms with Crippen LogP contribution in [0.2, 0.25) is 0 Å². The third kappa shape index (κ3) is 4.63. The molecule has 0 saturated carbocycles. The van der Waals surface area contributed by atoms with Gasteiger partial charge in [0.2, 0.25) is 5.91 Å². The van der Waals surface area contributed by atoms with E-state index in [2.05, 4.69) is 0 Å². The fourth-order valence-electron chi connectivity index (χ4n) is 1.62. The van der Waals surface area contributed by atoms with Gasteiger partial charge in [0, 0.05) is 6.54 Å². The van der Waals surface area contributed by atoms with Gasteiger partial charge in [-0.25, -0.2) is 0 Å². The molecule has 1 aliphatic heterocycles. The van der Waals surface area contributed by atoms with Crippen molar-refractivity contribution >= 4 is 23.6 Å². The third-order valence-electron chi connectivity index (χ3n) is 2.35. The molecule has 7 heteroatoms.